The van der Waals surface area contributed by atoms with E-state index in [1.54, 1.807) is 6.20 Å². The highest BCUT2D eigenvalue weighted by molar-refractivity contribution is 5.94. The van der Waals surface area contributed by atoms with E-state index in [4.69, 9.17) is 0 Å². The van der Waals surface area contributed by atoms with Gasteiger partial charge in [0, 0.05) is 29.6 Å². The van der Waals surface area contributed by atoms with Gasteiger partial charge < -0.3 is 10.6 Å². The molecule has 2 amide bonds. The minimum absolute atomic E-state index is 0.141. The molecule has 0 bridgehead atoms. The third kappa shape index (κ3) is 4.36. The molecular formula is C23H24N4O. The molecule has 0 saturated heterocycles. The summed E-state index contributed by atoms with van der Waals surface area (Å²) >= 11 is 0. The highest BCUT2D eigenvalue weighted by Gasteiger charge is 2.16. The zero-order chi connectivity index (χ0) is 19.2. The Bertz CT molecular complexity index is 919. The number of aromatic nitrogens is 2. The molecule has 1 aliphatic rings. The first-order chi connectivity index (χ1) is 13.8. The summed E-state index contributed by atoms with van der Waals surface area (Å²) in [5.41, 5.74) is 4.34. The fraction of sp³-hybridized carbons (Fsp3) is 0.261. The van der Waals surface area contributed by atoms with Crippen molar-refractivity contribution >= 4 is 11.7 Å². The number of para-hydroxylation sites is 1. The standard InChI is InChI=1S/C23H24N4O/c28-23(26-18-8-2-1-3-9-18)27-20-11-5-4-10-19(20)17-13-14-22(25-16-17)21-12-6-7-15-24-21/h4-7,10-16,18H,1-3,8-9H2,(H2,26,27,28). The molecule has 4 rings (SSSR count). The molecule has 28 heavy (non-hydrogen) atoms. The third-order valence-corrected chi connectivity index (χ3v) is 5.12. The SMILES string of the molecule is O=C(Nc1ccccc1-c1ccc(-c2ccccn2)nc1)NC1CCCCC1. The predicted octanol–water partition coefficient (Wildman–Crippen LogP) is 5.26. The number of urea groups is 1. The Balaban J connectivity index is 1.50. The second-order valence-corrected chi connectivity index (χ2v) is 7.13. The lowest BCUT2D eigenvalue weighted by Gasteiger charge is -2.23. The quantitative estimate of drug-likeness (QED) is 0.656. The molecule has 3 aromatic rings. The van der Waals surface area contributed by atoms with Crippen LogP contribution in [0.25, 0.3) is 22.5 Å². The first-order valence-electron chi connectivity index (χ1n) is 9.84. The van der Waals surface area contributed by atoms with Gasteiger partial charge in [-0.3, -0.25) is 9.97 Å². The van der Waals surface area contributed by atoms with Crippen LogP contribution >= 0.6 is 0 Å². The summed E-state index contributed by atoms with van der Waals surface area (Å²) in [4.78, 5) is 21.3. The molecule has 0 radical (unpaired) electrons. The highest BCUT2D eigenvalue weighted by atomic mass is 16.2. The molecule has 0 unspecified atom stereocenters. The van der Waals surface area contributed by atoms with Crippen LogP contribution < -0.4 is 10.6 Å². The fourth-order valence-corrected chi connectivity index (χ4v) is 3.65. The summed E-state index contributed by atoms with van der Waals surface area (Å²) in [5, 5.41) is 6.12. The number of rotatable bonds is 4. The first-order valence-corrected chi connectivity index (χ1v) is 9.84. The van der Waals surface area contributed by atoms with Gasteiger partial charge in [0.15, 0.2) is 0 Å². The second kappa shape index (κ2) is 8.65. The average Bonchev–Trinajstić information content (AvgIpc) is 2.76. The van der Waals surface area contributed by atoms with Crippen molar-refractivity contribution in [2.45, 2.75) is 38.1 Å². The van der Waals surface area contributed by atoms with Crippen molar-refractivity contribution < 1.29 is 4.79 Å². The van der Waals surface area contributed by atoms with Crippen LogP contribution in [0.15, 0.2) is 67.0 Å². The molecule has 0 atom stereocenters. The second-order valence-electron chi connectivity index (χ2n) is 7.13. The topological polar surface area (TPSA) is 66.9 Å². The number of pyridine rings is 2. The van der Waals surface area contributed by atoms with Crippen LogP contribution in [-0.4, -0.2) is 22.0 Å². The maximum absolute atomic E-state index is 12.5. The van der Waals surface area contributed by atoms with E-state index in [0.29, 0.717) is 0 Å². The Morgan fingerprint density at radius 2 is 1.64 bits per heavy atom. The molecule has 0 aliphatic heterocycles. The fourth-order valence-electron chi connectivity index (χ4n) is 3.65. The van der Waals surface area contributed by atoms with Gasteiger partial charge in [-0.15, -0.1) is 0 Å². The Kier molecular flexibility index (Phi) is 5.61. The molecule has 2 heterocycles. The van der Waals surface area contributed by atoms with Crippen LogP contribution in [0, 0.1) is 0 Å². The number of amides is 2. The Hall–Kier alpha value is -3.21. The van der Waals surface area contributed by atoms with E-state index in [1.807, 2.05) is 60.8 Å². The Labute approximate surface area is 165 Å². The maximum Gasteiger partial charge on any atom is 0.319 e. The maximum atomic E-state index is 12.5. The zero-order valence-corrected chi connectivity index (χ0v) is 15.8. The van der Waals surface area contributed by atoms with E-state index in [0.717, 1.165) is 41.0 Å². The summed E-state index contributed by atoms with van der Waals surface area (Å²) in [6.07, 6.45) is 9.36. The molecular weight excluding hydrogens is 348 g/mol. The first kappa shape index (κ1) is 18.2. The molecule has 5 heteroatoms. The van der Waals surface area contributed by atoms with Crippen molar-refractivity contribution in [3.05, 3.63) is 67.0 Å². The molecule has 5 nitrogen and oxygen atoms in total. The summed E-state index contributed by atoms with van der Waals surface area (Å²) < 4.78 is 0. The van der Waals surface area contributed by atoms with Crippen molar-refractivity contribution in [1.29, 1.82) is 0 Å². The van der Waals surface area contributed by atoms with Gasteiger partial charge in [0.05, 0.1) is 17.1 Å². The molecule has 1 saturated carbocycles. The van der Waals surface area contributed by atoms with E-state index in [1.165, 1.54) is 19.3 Å². The third-order valence-electron chi connectivity index (χ3n) is 5.12. The van der Waals surface area contributed by atoms with E-state index >= 15 is 0 Å². The van der Waals surface area contributed by atoms with Crippen LogP contribution in [0.3, 0.4) is 0 Å². The molecule has 0 spiro atoms. The minimum atomic E-state index is -0.141. The van der Waals surface area contributed by atoms with Crippen molar-refractivity contribution in [3.8, 4) is 22.5 Å². The summed E-state index contributed by atoms with van der Waals surface area (Å²) in [7, 11) is 0. The number of benzene rings is 1. The van der Waals surface area contributed by atoms with E-state index in [2.05, 4.69) is 20.6 Å². The molecule has 1 aromatic carbocycles. The molecule has 2 aromatic heterocycles. The average molecular weight is 372 g/mol. The highest BCUT2D eigenvalue weighted by Crippen LogP contribution is 2.28. The number of carbonyl (C=O) groups excluding carboxylic acids is 1. The van der Waals surface area contributed by atoms with Crippen molar-refractivity contribution in [2.24, 2.45) is 0 Å². The number of hydrogen-bond acceptors (Lipinski definition) is 3. The molecule has 1 aliphatic carbocycles. The number of nitrogens with zero attached hydrogens (tertiary/aromatic N) is 2. The molecule has 2 N–H and O–H groups in total. The Morgan fingerprint density at radius 3 is 2.39 bits per heavy atom. The summed E-state index contributed by atoms with van der Waals surface area (Å²) in [5.74, 6) is 0. The number of anilines is 1. The minimum Gasteiger partial charge on any atom is -0.335 e. The van der Waals surface area contributed by atoms with Gasteiger partial charge in [0.25, 0.3) is 0 Å². The van der Waals surface area contributed by atoms with Gasteiger partial charge in [-0.2, -0.15) is 0 Å². The lowest BCUT2D eigenvalue weighted by atomic mass is 9.96. The van der Waals surface area contributed by atoms with Gasteiger partial charge >= 0.3 is 6.03 Å². The van der Waals surface area contributed by atoms with E-state index < -0.39 is 0 Å². The predicted molar refractivity (Wildman–Crippen MR) is 112 cm³/mol. The van der Waals surface area contributed by atoms with Gasteiger partial charge in [-0.25, -0.2) is 4.79 Å². The van der Waals surface area contributed by atoms with Crippen LogP contribution in [0.5, 0.6) is 0 Å². The number of hydrogen-bond donors (Lipinski definition) is 2. The van der Waals surface area contributed by atoms with Crippen LogP contribution in [-0.2, 0) is 0 Å². The van der Waals surface area contributed by atoms with Gasteiger partial charge in [-0.05, 0) is 37.1 Å². The van der Waals surface area contributed by atoms with Crippen molar-refractivity contribution in [3.63, 3.8) is 0 Å². The van der Waals surface area contributed by atoms with Crippen molar-refractivity contribution in [1.82, 2.24) is 15.3 Å². The lowest BCUT2D eigenvalue weighted by molar-refractivity contribution is 0.244. The van der Waals surface area contributed by atoms with E-state index in [-0.39, 0.29) is 12.1 Å². The van der Waals surface area contributed by atoms with Gasteiger partial charge in [0.1, 0.15) is 0 Å². The van der Waals surface area contributed by atoms with Crippen LogP contribution in [0.1, 0.15) is 32.1 Å². The summed E-state index contributed by atoms with van der Waals surface area (Å²) in [6.45, 7) is 0. The van der Waals surface area contributed by atoms with E-state index in [9.17, 15) is 4.79 Å². The molecule has 142 valence electrons. The molecule has 1 fully saturated rings. The van der Waals surface area contributed by atoms with Crippen LogP contribution in [0.4, 0.5) is 10.5 Å². The smallest absolute Gasteiger partial charge is 0.319 e. The zero-order valence-electron chi connectivity index (χ0n) is 15.8. The van der Waals surface area contributed by atoms with Gasteiger partial charge in [-0.1, -0.05) is 49.6 Å². The largest absolute Gasteiger partial charge is 0.335 e. The normalized spacial score (nSPS) is 14.4. The van der Waals surface area contributed by atoms with Crippen LogP contribution in [0.2, 0.25) is 0 Å². The number of carbonyl (C=O) groups is 1. The summed E-state index contributed by atoms with van der Waals surface area (Å²) in [6, 6.07) is 17.7. The Morgan fingerprint density at radius 1 is 0.857 bits per heavy atom. The number of nitrogens with one attached hydrogen (secondary N) is 2. The van der Waals surface area contributed by atoms with Crippen molar-refractivity contribution in [2.75, 3.05) is 5.32 Å². The monoisotopic (exact) mass is 372 g/mol. The lowest BCUT2D eigenvalue weighted by Crippen LogP contribution is -2.39. The van der Waals surface area contributed by atoms with Gasteiger partial charge in [0.2, 0.25) is 0 Å².